The Hall–Kier alpha value is 2.09. The molecule has 0 N–H and O–H groups in total. The number of alkyl halides is 5. The molecular formula is C10H3Cl9. The second-order valence-corrected chi connectivity index (χ2v) is 8.99. The highest BCUT2D eigenvalue weighted by Gasteiger charge is 2.84. The molecule has 0 radical (unpaired) electrons. The van der Waals surface area contributed by atoms with Crippen molar-refractivity contribution in [2.75, 3.05) is 0 Å². The van der Waals surface area contributed by atoms with Crippen LogP contribution in [-0.4, -0.2) is 25.4 Å². The number of halogens is 9. The number of hydrogen-bond acceptors (Lipinski definition) is 0. The lowest BCUT2D eigenvalue weighted by Crippen LogP contribution is -2.50. The van der Waals surface area contributed by atoms with E-state index < -0.39 is 31.3 Å². The van der Waals surface area contributed by atoms with Crippen LogP contribution >= 0.6 is 104 Å². The standard InChI is InChI=1S/C10H3Cl9/c11-1-2(12)4(13)9(18)3(1)8(17)5(14)6(15)10(9,19)7(8)16/h1,3,7H/t1-,3+,7-,8+,9+,10+/m0/s1. The smallest absolute Gasteiger partial charge is 0.118 e. The van der Waals surface area contributed by atoms with Gasteiger partial charge in [0.15, 0.2) is 0 Å². The SMILES string of the molecule is ClC1=C(Cl)[C@]2(Cl)[C@H]([C@H]1Cl)[C@@]1(Cl)C(Cl)=C(Cl)[C@@]2(Cl)[C@H]1Cl. The second-order valence-electron chi connectivity index (χ2n) is 4.72. The molecule has 106 valence electrons. The molecule has 0 saturated heterocycles. The summed E-state index contributed by atoms with van der Waals surface area (Å²) >= 11 is 57.2. The minimum atomic E-state index is -1.44. The van der Waals surface area contributed by atoms with Crippen LogP contribution in [0.4, 0.5) is 0 Å². The molecule has 0 spiro atoms. The summed E-state index contributed by atoms with van der Waals surface area (Å²) in [5.41, 5.74) is 0. The van der Waals surface area contributed by atoms with Crippen LogP contribution in [0.2, 0.25) is 0 Å². The van der Waals surface area contributed by atoms with Gasteiger partial charge in [0.25, 0.3) is 0 Å². The van der Waals surface area contributed by atoms with Crippen molar-refractivity contribution in [3.63, 3.8) is 0 Å². The van der Waals surface area contributed by atoms with Crippen LogP contribution in [0.1, 0.15) is 0 Å². The van der Waals surface area contributed by atoms with E-state index in [-0.39, 0.29) is 20.1 Å². The fraction of sp³-hybridized carbons (Fsp3) is 0.600. The minimum Gasteiger partial charge on any atom is -0.118 e. The Morgan fingerprint density at radius 2 is 1.26 bits per heavy atom. The Kier molecular flexibility index (Phi) is 3.64. The van der Waals surface area contributed by atoms with Crippen LogP contribution in [-0.2, 0) is 0 Å². The number of allylic oxidation sites excluding steroid dienone is 4. The molecular weight excluding hydrogens is 439 g/mol. The number of fused-ring (bicyclic) bond motifs is 5. The largest absolute Gasteiger partial charge is 0.124 e. The van der Waals surface area contributed by atoms with E-state index in [1.807, 2.05) is 0 Å². The molecule has 3 aliphatic carbocycles. The Morgan fingerprint density at radius 3 is 1.79 bits per heavy atom. The van der Waals surface area contributed by atoms with E-state index in [0.717, 1.165) is 0 Å². The van der Waals surface area contributed by atoms with Gasteiger partial charge in [-0.05, 0) is 0 Å². The molecule has 9 heteroatoms. The molecule has 0 heterocycles. The Bertz CT molecular complexity index is 553. The van der Waals surface area contributed by atoms with E-state index in [4.69, 9.17) is 104 Å². The normalized spacial score (nSPS) is 56.4. The zero-order chi connectivity index (χ0) is 14.5. The van der Waals surface area contributed by atoms with Gasteiger partial charge in [-0.3, -0.25) is 0 Å². The highest BCUT2D eigenvalue weighted by Crippen LogP contribution is 2.78. The van der Waals surface area contributed by atoms with Gasteiger partial charge in [-0.15, -0.1) is 58.0 Å². The average molecular weight is 442 g/mol. The predicted octanol–water partition coefficient (Wildman–Crippen LogP) is 6.17. The average Bonchev–Trinajstić information content (AvgIpc) is 2.69. The fourth-order valence-electron chi connectivity index (χ4n) is 3.15. The lowest BCUT2D eigenvalue weighted by Gasteiger charge is -2.40. The van der Waals surface area contributed by atoms with Crippen molar-refractivity contribution in [2.24, 2.45) is 5.92 Å². The summed E-state index contributed by atoms with van der Waals surface area (Å²) in [6.45, 7) is 0. The van der Waals surface area contributed by atoms with Crippen LogP contribution in [0.25, 0.3) is 0 Å². The molecule has 3 aliphatic rings. The fourth-order valence-corrected chi connectivity index (χ4v) is 7.95. The highest BCUT2D eigenvalue weighted by atomic mass is 35.5. The summed E-state index contributed by atoms with van der Waals surface area (Å²) < 4.78 is 0. The van der Waals surface area contributed by atoms with Crippen LogP contribution in [0, 0.1) is 5.92 Å². The number of hydrogen-bond donors (Lipinski definition) is 0. The molecule has 0 nitrogen and oxygen atoms in total. The third kappa shape index (κ3) is 1.38. The lowest BCUT2D eigenvalue weighted by molar-refractivity contribution is 0.443. The van der Waals surface area contributed by atoms with Gasteiger partial charge in [0.05, 0.1) is 30.9 Å². The zero-order valence-electron chi connectivity index (χ0n) is 8.63. The first-order chi connectivity index (χ1) is 8.57. The van der Waals surface area contributed by atoms with Crippen LogP contribution in [0.15, 0.2) is 20.1 Å². The molecule has 3 rings (SSSR count). The van der Waals surface area contributed by atoms with E-state index in [1.54, 1.807) is 0 Å². The van der Waals surface area contributed by atoms with Gasteiger partial charge >= 0.3 is 0 Å². The summed E-state index contributed by atoms with van der Waals surface area (Å²) in [5, 5.41) is -1.04. The predicted molar refractivity (Wildman–Crippen MR) is 86.0 cm³/mol. The summed E-state index contributed by atoms with van der Waals surface area (Å²) in [6.07, 6.45) is 0. The van der Waals surface area contributed by atoms with Gasteiger partial charge in [0, 0.05) is 5.92 Å². The van der Waals surface area contributed by atoms with Crippen molar-refractivity contribution in [1.82, 2.24) is 0 Å². The second kappa shape index (κ2) is 4.34. The van der Waals surface area contributed by atoms with Crippen molar-refractivity contribution in [2.45, 2.75) is 25.4 Å². The van der Waals surface area contributed by atoms with E-state index in [0.29, 0.717) is 0 Å². The Morgan fingerprint density at radius 1 is 0.737 bits per heavy atom. The Labute approximate surface area is 154 Å². The van der Waals surface area contributed by atoms with Crippen molar-refractivity contribution in [3.05, 3.63) is 20.1 Å². The van der Waals surface area contributed by atoms with Crippen LogP contribution < -0.4 is 0 Å². The molecule has 19 heavy (non-hydrogen) atoms. The monoisotopic (exact) mass is 438 g/mol. The third-order valence-corrected chi connectivity index (χ3v) is 10.1. The first kappa shape index (κ1) is 16.0. The molecule has 0 aromatic carbocycles. The zero-order valence-corrected chi connectivity index (χ0v) is 15.4. The number of rotatable bonds is 0. The summed E-state index contributed by atoms with van der Waals surface area (Å²) in [6, 6.07) is 0. The van der Waals surface area contributed by atoms with Gasteiger partial charge < -0.3 is 0 Å². The van der Waals surface area contributed by atoms with Gasteiger partial charge in [0.1, 0.15) is 14.6 Å². The molecule has 0 aromatic heterocycles. The lowest BCUT2D eigenvalue weighted by atomic mass is 9.83. The molecule has 6 atom stereocenters. The van der Waals surface area contributed by atoms with E-state index in [1.165, 1.54) is 0 Å². The molecule has 0 aromatic rings. The Balaban J connectivity index is 2.37. The molecule has 0 aliphatic heterocycles. The molecule has 0 amide bonds. The quantitative estimate of drug-likeness (QED) is 0.394. The maximum absolute atomic E-state index is 6.65. The molecule has 2 bridgehead atoms. The third-order valence-electron chi connectivity index (χ3n) is 4.04. The van der Waals surface area contributed by atoms with Gasteiger partial charge in [-0.25, -0.2) is 0 Å². The van der Waals surface area contributed by atoms with E-state index in [2.05, 4.69) is 0 Å². The summed E-state index contributed by atoms with van der Waals surface area (Å²) in [5.74, 6) is -0.653. The molecule has 1 fully saturated rings. The van der Waals surface area contributed by atoms with Crippen molar-refractivity contribution in [3.8, 4) is 0 Å². The molecule has 1 saturated carbocycles. The van der Waals surface area contributed by atoms with Gasteiger partial charge in [-0.2, -0.15) is 0 Å². The van der Waals surface area contributed by atoms with Crippen LogP contribution in [0.5, 0.6) is 0 Å². The summed E-state index contributed by atoms with van der Waals surface area (Å²) in [7, 11) is 0. The van der Waals surface area contributed by atoms with Crippen LogP contribution in [0.3, 0.4) is 0 Å². The topological polar surface area (TPSA) is 0 Å². The minimum absolute atomic E-state index is 0.0884. The maximum atomic E-state index is 6.65. The van der Waals surface area contributed by atoms with Crippen molar-refractivity contribution in [1.29, 1.82) is 0 Å². The van der Waals surface area contributed by atoms with E-state index >= 15 is 0 Å². The highest BCUT2D eigenvalue weighted by molar-refractivity contribution is 6.61. The first-order valence-electron chi connectivity index (χ1n) is 5.04. The van der Waals surface area contributed by atoms with Crippen molar-refractivity contribution < 1.29 is 0 Å². The van der Waals surface area contributed by atoms with Gasteiger partial charge in [0.2, 0.25) is 0 Å². The molecule has 0 unspecified atom stereocenters. The van der Waals surface area contributed by atoms with E-state index in [9.17, 15) is 0 Å². The summed E-state index contributed by atoms with van der Waals surface area (Å²) in [4.78, 5) is -4.11. The van der Waals surface area contributed by atoms with Crippen molar-refractivity contribution >= 4 is 104 Å². The maximum Gasteiger partial charge on any atom is 0.124 e. The van der Waals surface area contributed by atoms with Gasteiger partial charge in [-0.1, -0.05) is 46.4 Å². The first-order valence-corrected chi connectivity index (χ1v) is 8.55.